The minimum atomic E-state index is 0.801. The summed E-state index contributed by atoms with van der Waals surface area (Å²) < 4.78 is 2.45. The predicted octanol–water partition coefficient (Wildman–Crippen LogP) is 6.29. The molecule has 1 aromatic heterocycles. The Morgan fingerprint density at radius 2 is 1.68 bits per heavy atom. The highest BCUT2D eigenvalue weighted by atomic mass is 35.5. The minimum Gasteiger partial charge on any atom is -0.340 e. The van der Waals surface area contributed by atoms with Crippen LogP contribution in [0.3, 0.4) is 0 Å². The van der Waals surface area contributed by atoms with Crippen LogP contribution in [0.5, 0.6) is 0 Å². The number of benzene rings is 3. The fourth-order valence-electron chi connectivity index (χ4n) is 4.05. The molecule has 0 aliphatic heterocycles. The standard InChI is InChI=1S/C25H27ClN2/c1-18-9-11-24-25(19(18)2)22-17-21(26)10-12-23(22)28(24)16-6-14-27-15-13-20-7-4-3-5-8-20/h3-5,7-12,17,27H,6,13-16H2,1-2H3. The molecule has 3 heteroatoms. The third kappa shape index (κ3) is 3.80. The van der Waals surface area contributed by atoms with Gasteiger partial charge in [-0.05, 0) is 80.7 Å². The number of rotatable bonds is 7. The van der Waals surface area contributed by atoms with Crippen LogP contribution in [0.2, 0.25) is 5.02 Å². The highest BCUT2D eigenvalue weighted by Crippen LogP contribution is 2.34. The molecule has 144 valence electrons. The fraction of sp³-hybridized carbons (Fsp3) is 0.280. The third-order valence-electron chi connectivity index (χ3n) is 5.69. The summed E-state index contributed by atoms with van der Waals surface area (Å²) in [5.74, 6) is 0. The lowest BCUT2D eigenvalue weighted by Gasteiger charge is -2.09. The van der Waals surface area contributed by atoms with Gasteiger partial charge in [0.1, 0.15) is 0 Å². The normalized spacial score (nSPS) is 11.5. The molecule has 0 radical (unpaired) electrons. The maximum absolute atomic E-state index is 6.31. The maximum atomic E-state index is 6.31. The maximum Gasteiger partial charge on any atom is 0.0494 e. The summed E-state index contributed by atoms with van der Waals surface area (Å²) >= 11 is 6.31. The van der Waals surface area contributed by atoms with E-state index in [0.717, 1.165) is 37.5 Å². The van der Waals surface area contributed by atoms with E-state index in [2.05, 4.69) is 78.3 Å². The monoisotopic (exact) mass is 390 g/mol. The first kappa shape index (κ1) is 19.0. The second-order valence-electron chi connectivity index (χ2n) is 7.55. The molecule has 4 rings (SSSR count). The van der Waals surface area contributed by atoms with E-state index in [1.54, 1.807) is 0 Å². The van der Waals surface area contributed by atoms with Gasteiger partial charge >= 0.3 is 0 Å². The number of nitrogens with one attached hydrogen (secondary N) is 1. The second-order valence-corrected chi connectivity index (χ2v) is 7.99. The molecule has 2 nitrogen and oxygen atoms in total. The van der Waals surface area contributed by atoms with Gasteiger partial charge in [-0.3, -0.25) is 0 Å². The first-order valence-corrected chi connectivity index (χ1v) is 10.5. The van der Waals surface area contributed by atoms with Crippen molar-refractivity contribution >= 4 is 33.4 Å². The molecular formula is C25H27ClN2. The van der Waals surface area contributed by atoms with E-state index >= 15 is 0 Å². The zero-order valence-electron chi connectivity index (χ0n) is 16.6. The van der Waals surface area contributed by atoms with Crippen molar-refractivity contribution in [1.82, 2.24) is 9.88 Å². The lowest BCUT2D eigenvalue weighted by Crippen LogP contribution is -2.19. The first-order chi connectivity index (χ1) is 13.6. The predicted molar refractivity (Wildman–Crippen MR) is 122 cm³/mol. The van der Waals surface area contributed by atoms with Gasteiger partial charge in [-0.2, -0.15) is 0 Å². The van der Waals surface area contributed by atoms with Crippen LogP contribution in [0.25, 0.3) is 21.8 Å². The largest absolute Gasteiger partial charge is 0.340 e. The molecule has 0 fully saturated rings. The molecule has 0 aliphatic carbocycles. The molecule has 1 N–H and O–H groups in total. The number of hydrogen-bond donors (Lipinski definition) is 1. The highest BCUT2D eigenvalue weighted by Gasteiger charge is 2.13. The van der Waals surface area contributed by atoms with Crippen LogP contribution in [0.1, 0.15) is 23.1 Å². The summed E-state index contributed by atoms with van der Waals surface area (Å²) in [6, 6.07) is 21.4. The Labute approximate surface area is 172 Å². The molecule has 28 heavy (non-hydrogen) atoms. The van der Waals surface area contributed by atoms with Gasteiger partial charge < -0.3 is 9.88 Å². The van der Waals surface area contributed by atoms with E-state index in [0.29, 0.717) is 0 Å². The fourth-order valence-corrected chi connectivity index (χ4v) is 4.22. The molecule has 1 heterocycles. The van der Waals surface area contributed by atoms with E-state index in [9.17, 15) is 0 Å². The van der Waals surface area contributed by atoms with Crippen molar-refractivity contribution in [3.8, 4) is 0 Å². The molecule has 0 unspecified atom stereocenters. The Morgan fingerprint density at radius 3 is 2.50 bits per heavy atom. The van der Waals surface area contributed by atoms with Crippen LogP contribution in [0, 0.1) is 13.8 Å². The van der Waals surface area contributed by atoms with Gasteiger partial charge in [-0.15, -0.1) is 0 Å². The molecule has 0 spiro atoms. The third-order valence-corrected chi connectivity index (χ3v) is 5.93. The van der Waals surface area contributed by atoms with Crippen molar-refractivity contribution < 1.29 is 0 Å². The van der Waals surface area contributed by atoms with E-state index < -0.39 is 0 Å². The van der Waals surface area contributed by atoms with Gasteiger partial charge in [0, 0.05) is 33.4 Å². The Hall–Kier alpha value is -2.29. The van der Waals surface area contributed by atoms with Crippen LogP contribution in [0.4, 0.5) is 0 Å². The lowest BCUT2D eigenvalue weighted by atomic mass is 10.0. The molecular weight excluding hydrogens is 364 g/mol. The number of aryl methyl sites for hydroxylation is 3. The molecule has 0 saturated carbocycles. The molecule has 4 aromatic rings. The topological polar surface area (TPSA) is 17.0 Å². The second kappa shape index (κ2) is 8.38. The van der Waals surface area contributed by atoms with Crippen LogP contribution in [0.15, 0.2) is 60.7 Å². The average molecular weight is 391 g/mol. The summed E-state index contributed by atoms with van der Waals surface area (Å²) in [6.45, 7) is 7.44. The number of aromatic nitrogens is 1. The Bertz CT molecular complexity index is 1100. The Morgan fingerprint density at radius 1 is 0.893 bits per heavy atom. The lowest BCUT2D eigenvalue weighted by molar-refractivity contribution is 0.599. The van der Waals surface area contributed by atoms with E-state index in [4.69, 9.17) is 11.6 Å². The van der Waals surface area contributed by atoms with Crippen molar-refractivity contribution in [2.24, 2.45) is 0 Å². The van der Waals surface area contributed by atoms with Gasteiger partial charge in [0.2, 0.25) is 0 Å². The van der Waals surface area contributed by atoms with Crippen molar-refractivity contribution in [3.63, 3.8) is 0 Å². The average Bonchev–Trinajstić information content (AvgIpc) is 3.01. The SMILES string of the molecule is Cc1ccc2c(c1C)c1cc(Cl)ccc1n2CCCNCCc1ccccc1. The number of hydrogen-bond acceptors (Lipinski definition) is 1. The van der Waals surface area contributed by atoms with Gasteiger partial charge in [0.15, 0.2) is 0 Å². The van der Waals surface area contributed by atoms with Gasteiger partial charge in [-0.1, -0.05) is 48.0 Å². The van der Waals surface area contributed by atoms with Crippen molar-refractivity contribution in [2.45, 2.75) is 33.2 Å². The minimum absolute atomic E-state index is 0.801. The summed E-state index contributed by atoms with van der Waals surface area (Å²) in [5, 5.41) is 7.00. The van der Waals surface area contributed by atoms with Crippen LogP contribution < -0.4 is 5.32 Å². The van der Waals surface area contributed by atoms with Gasteiger partial charge in [-0.25, -0.2) is 0 Å². The summed E-state index contributed by atoms with van der Waals surface area (Å²) in [5.41, 5.74) is 6.65. The first-order valence-electron chi connectivity index (χ1n) is 10.1. The van der Waals surface area contributed by atoms with Gasteiger partial charge in [0.25, 0.3) is 0 Å². The van der Waals surface area contributed by atoms with E-state index in [1.807, 2.05) is 6.07 Å². The van der Waals surface area contributed by atoms with Crippen molar-refractivity contribution in [3.05, 3.63) is 82.4 Å². The van der Waals surface area contributed by atoms with Crippen molar-refractivity contribution in [2.75, 3.05) is 13.1 Å². The number of fused-ring (bicyclic) bond motifs is 3. The zero-order chi connectivity index (χ0) is 19.5. The Kier molecular flexibility index (Phi) is 5.70. The van der Waals surface area contributed by atoms with Crippen molar-refractivity contribution in [1.29, 1.82) is 0 Å². The summed E-state index contributed by atoms with van der Waals surface area (Å²) in [6.07, 6.45) is 2.18. The molecule has 3 aromatic carbocycles. The quantitative estimate of drug-likeness (QED) is 0.367. The molecule has 0 bridgehead atoms. The molecule has 0 amide bonds. The molecule has 0 atom stereocenters. The highest BCUT2D eigenvalue weighted by molar-refractivity contribution is 6.32. The summed E-state index contributed by atoms with van der Waals surface area (Å²) in [7, 11) is 0. The Balaban J connectivity index is 1.48. The zero-order valence-corrected chi connectivity index (χ0v) is 17.4. The summed E-state index contributed by atoms with van der Waals surface area (Å²) in [4.78, 5) is 0. The number of halogens is 1. The number of nitrogens with zero attached hydrogens (tertiary/aromatic N) is 1. The van der Waals surface area contributed by atoms with Gasteiger partial charge in [0.05, 0.1) is 0 Å². The van der Waals surface area contributed by atoms with Crippen LogP contribution in [-0.4, -0.2) is 17.7 Å². The molecule has 0 saturated heterocycles. The molecule has 0 aliphatic rings. The smallest absolute Gasteiger partial charge is 0.0494 e. The van der Waals surface area contributed by atoms with Crippen LogP contribution >= 0.6 is 11.6 Å². The van der Waals surface area contributed by atoms with Crippen LogP contribution in [-0.2, 0) is 13.0 Å². The van der Waals surface area contributed by atoms with E-state index in [-0.39, 0.29) is 0 Å². The van der Waals surface area contributed by atoms with E-state index in [1.165, 1.54) is 38.5 Å².